The van der Waals surface area contributed by atoms with Crippen molar-refractivity contribution in [3.8, 4) is 17.2 Å². The van der Waals surface area contributed by atoms with Gasteiger partial charge in [0, 0.05) is 39.8 Å². The summed E-state index contributed by atoms with van der Waals surface area (Å²) in [7, 11) is -1.60. The lowest BCUT2D eigenvalue weighted by molar-refractivity contribution is 0.354. The Morgan fingerprint density at radius 1 is 0.780 bits per heavy atom. The number of nitrogens with zero attached hydrogens (tertiary/aromatic N) is 3. The highest BCUT2D eigenvalue weighted by molar-refractivity contribution is 7.89. The van der Waals surface area contributed by atoms with Crippen LogP contribution in [-0.4, -0.2) is 86.5 Å². The Labute approximate surface area is 240 Å². The minimum Gasteiger partial charge on any atom is -0.495 e. The molecule has 10 nitrogen and oxygen atoms in total. The molecule has 1 aliphatic rings. The van der Waals surface area contributed by atoms with Gasteiger partial charge >= 0.3 is 0 Å². The molecule has 1 aliphatic heterocycles. The van der Waals surface area contributed by atoms with E-state index in [-0.39, 0.29) is 29.4 Å². The van der Waals surface area contributed by atoms with Crippen LogP contribution in [0.15, 0.2) is 70.5 Å². The van der Waals surface area contributed by atoms with E-state index in [1.165, 1.54) is 47.0 Å². The summed E-state index contributed by atoms with van der Waals surface area (Å²) in [6.45, 7) is 1.11. The third-order valence-corrected chi connectivity index (χ3v) is 10.8. The summed E-state index contributed by atoms with van der Waals surface area (Å²) in [6, 6.07) is 15.0. The summed E-state index contributed by atoms with van der Waals surface area (Å²) < 4.78 is 85.3. The van der Waals surface area contributed by atoms with Gasteiger partial charge in [-0.25, -0.2) is 25.5 Å². The summed E-state index contributed by atoms with van der Waals surface area (Å²) >= 11 is 0. The lowest BCUT2D eigenvalue weighted by atomic mass is 10.1. The molecule has 0 bridgehead atoms. The maximum Gasteiger partial charge on any atom is 0.243 e. The number of piperazine rings is 1. The Bertz CT molecular complexity index is 1590. The van der Waals surface area contributed by atoms with Crippen LogP contribution in [0.4, 0.5) is 10.1 Å². The number of benzene rings is 3. The zero-order valence-electron chi connectivity index (χ0n) is 23.4. The van der Waals surface area contributed by atoms with E-state index in [0.717, 1.165) is 11.6 Å². The molecule has 0 aromatic heterocycles. The highest BCUT2D eigenvalue weighted by Gasteiger charge is 2.31. The minimum absolute atomic E-state index is 0.0953. The standard InChI is InChI=1S/C28H34FN3O7S2/c1-30(13-12-21-8-10-27(38-3)28(18-21)39-4)40(33,34)24-9-11-26(37-2)25(20-24)31-14-16-32(17-15-31)41(35,36)23-7-5-6-22(29)19-23/h5-11,18-20H,12-17H2,1-4H3. The molecule has 3 aromatic rings. The summed E-state index contributed by atoms with van der Waals surface area (Å²) in [5.41, 5.74) is 1.44. The first-order valence-corrected chi connectivity index (χ1v) is 15.7. The molecule has 0 aliphatic carbocycles. The van der Waals surface area contributed by atoms with Crippen molar-refractivity contribution in [1.82, 2.24) is 8.61 Å². The molecule has 4 rings (SSSR count). The molecule has 1 saturated heterocycles. The summed E-state index contributed by atoms with van der Waals surface area (Å²) in [5, 5.41) is 0. The molecule has 0 amide bonds. The fraction of sp³-hybridized carbons (Fsp3) is 0.357. The summed E-state index contributed by atoms with van der Waals surface area (Å²) in [6.07, 6.45) is 0.459. The first-order chi connectivity index (χ1) is 19.5. The lowest BCUT2D eigenvalue weighted by Gasteiger charge is -2.36. The monoisotopic (exact) mass is 607 g/mol. The molecule has 0 unspecified atom stereocenters. The average Bonchev–Trinajstić information content (AvgIpc) is 2.99. The van der Waals surface area contributed by atoms with Crippen LogP contribution in [0, 0.1) is 5.82 Å². The smallest absolute Gasteiger partial charge is 0.243 e. The van der Waals surface area contributed by atoms with Crippen LogP contribution < -0.4 is 19.1 Å². The molecule has 3 aromatic carbocycles. The van der Waals surface area contributed by atoms with Crippen LogP contribution in [-0.2, 0) is 26.5 Å². The van der Waals surface area contributed by atoms with Crippen LogP contribution in [0.3, 0.4) is 0 Å². The van der Waals surface area contributed by atoms with Gasteiger partial charge in [0.1, 0.15) is 11.6 Å². The topological polar surface area (TPSA) is 106 Å². The Morgan fingerprint density at radius 3 is 2.07 bits per heavy atom. The van der Waals surface area contributed by atoms with Crippen LogP contribution >= 0.6 is 0 Å². The molecular weight excluding hydrogens is 573 g/mol. The number of anilines is 1. The summed E-state index contributed by atoms with van der Waals surface area (Å²) in [4.78, 5) is 1.88. The third-order valence-electron chi connectivity index (χ3n) is 7.04. The molecule has 13 heteroatoms. The molecule has 41 heavy (non-hydrogen) atoms. The van der Waals surface area contributed by atoms with E-state index in [1.54, 1.807) is 32.4 Å². The Hall–Kier alpha value is -3.39. The van der Waals surface area contributed by atoms with Crippen LogP contribution in [0.5, 0.6) is 17.2 Å². The van der Waals surface area contributed by atoms with Crippen molar-refractivity contribution < 1.29 is 35.4 Å². The Kier molecular flexibility index (Phi) is 9.42. The quantitative estimate of drug-likeness (QED) is 0.327. The van der Waals surface area contributed by atoms with Gasteiger partial charge in [-0.2, -0.15) is 4.31 Å². The van der Waals surface area contributed by atoms with Crippen molar-refractivity contribution in [2.75, 3.05) is 66.0 Å². The molecule has 1 heterocycles. The van der Waals surface area contributed by atoms with Crippen LogP contribution in [0.2, 0.25) is 0 Å². The second-order valence-electron chi connectivity index (χ2n) is 9.45. The van der Waals surface area contributed by atoms with Crippen LogP contribution in [0.25, 0.3) is 0 Å². The number of ether oxygens (including phenoxy) is 3. The van der Waals surface area contributed by atoms with Crippen molar-refractivity contribution in [2.24, 2.45) is 0 Å². The normalized spacial score (nSPS) is 14.7. The van der Waals surface area contributed by atoms with Gasteiger partial charge in [0.15, 0.2) is 11.5 Å². The highest BCUT2D eigenvalue weighted by Crippen LogP contribution is 2.33. The molecule has 1 fully saturated rings. The number of rotatable bonds is 11. The van der Waals surface area contributed by atoms with E-state index in [4.69, 9.17) is 14.2 Å². The van der Waals surface area contributed by atoms with Crippen molar-refractivity contribution >= 4 is 25.7 Å². The van der Waals surface area contributed by atoms with Gasteiger partial charge in [-0.1, -0.05) is 12.1 Å². The van der Waals surface area contributed by atoms with Crippen molar-refractivity contribution in [3.05, 3.63) is 72.0 Å². The maximum atomic E-state index is 13.6. The maximum absolute atomic E-state index is 13.6. The third kappa shape index (κ3) is 6.58. The molecule has 0 atom stereocenters. The van der Waals surface area contributed by atoms with E-state index >= 15 is 0 Å². The first kappa shape index (κ1) is 30.6. The lowest BCUT2D eigenvalue weighted by Crippen LogP contribution is -2.48. The van der Waals surface area contributed by atoms with Gasteiger partial charge in [0.25, 0.3) is 0 Å². The molecule has 0 saturated carbocycles. The summed E-state index contributed by atoms with van der Waals surface area (Å²) in [5.74, 6) is 1.01. The number of sulfonamides is 2. The van der Waals surface area contributed by atoms with E-state index in [1.807, 2.05) is 17.0 Å². The Morgan fingerprint density at radius 2 is 1.44 bits per heavy atom. The number of hydrogen-bond donors (Lipinski definition) is 0. The van der Waals surface area contributed by atoms with E-state index in [9.17, 15) is 21.2 Å². The molecule has 0 N–H and O–H groups in total. The van der Waals surface area contributed by atoms with E-state index < -0.39 is 25.9 Å². The molecule has 222 valence electrons. The fourth-order valence-electron chi connectivity index (χ4n) is 4.65. The van der Waals surface area contributed by atoms with Crippen molar-refractivity contribution in [3.63, 3.8) is 0 Å². The van der Waals surface area contributed by atoms with Crippen molar-refractivity contribution in [1.29, 1.82) is 0 Å². The molecule has 0 spiro atoms. The number of methoxy groups -OCH3 is 3. The van der Waals surface area contributed by atoms with Gasteiger partial charge < -0.3 is 19.1 Å². The largest absolute Gasteiger partial charge is 0.495 e. The van der Waals surface area contributed by atoms with E-state index in [0.29, 0.717) is 42.4 Å². The number of hydrogen-bond acceptors (Lipinski definition) is 8. The van der Waals surface area contributed by atoms with Gasteiger partial charge in [-0.15, -0.1) is 0 Å². The van der Waals surface area contributed by atoms with Gasteiger partial charge in [0.2, 0.25) is 20.0 Å². The highest BCUT2D eigenvalue weighted by atomic mass is 32.2. The van der Waals surface area contributed by atoms with Gasteiger partial charge in [-0.05, 0) is 60.5 Å². The second kappa shape index (κ2) is 12.6. The van der Waals surface area contributed by atoms with Gasteiger partial charge in [-0.3, -0.25) is 0 Å². The number of likely N-dealkylation sites (N-methyl/N-ethyl adjacent to an activating group) is 1. The Balaban J connectivity index is 1.48. The predicted molar refractivity (Wildman–Crippen MR) is 153 cm³/mol. The second-order valence-corrected chi connectivity index (χ2v) is 13.4. The van der Waals surface area contributed by atoms with Gasteiger partial charge in [0.05, 0.1) is 36.8 Å². The fourth-order valence-corrected chi connectivity index (χ4v) is 7.29. The van der Waals surface area contributed by atoms with Crippen molar-refractivity contribution in [2.45, 2.75) is 16.2 Å². The zero-order chi connectivity index (χ0) is 29.8. The zero-order valence-corrected chi connectivity index (χ0v) is 25.0. The average molecular weight is 608 g/mol. The van der Waals surface area contributed by atoms with Crippen LogP contribution in [0.1, 0.15) is 5.56 Å². The van der Waals surface area contributed by atoms with E-state index in [2.05, 4.69) is 0 Å². The minimum atomic E-state index is -3.87. The molecule has 0 radical (unpaired) electrons. The number of halogens is 1. The SMILES string of the molecule is COc1ccc(CCN(C)S(=O)(=O)c2ccc(OC)c(N3CCN(S(=O)(=O)c4cccc(F)c4)CC3)c2)cc1OC. The molecular formula is C28H34FN3O7S2. The predicted octanol–water partition coefficient (Wildman–Crippen LogP) is 3.23. The first-order valence-electron chi connectivity index (χ1n) is 12.9.